The van der Waals surface area contributed by atoms with Crippen molar-refractivity contribution in [3.05, 3.63) is 64.2 Å². The molecule has 0 aliphatic rings. The number of esters is 1. The van der Waals surface area contributed by atoms with Gasteiger partial charge in [0, 0.05) is 0 Å². The number of carbonyl (C=O) groups excluding carboxylic acids is 1. The van der Waals surface area contributed by atoms with Crippen molar-refractivity contribution < 1.29 is 13.9 Å². The van der Waals surface area contributed by atoms with Gasteiger partial charge in [-0.05, 0) is 30.3 Å². The van der Waals surface area contributed by atoms with Crippen molar-refractivity contribution in [3.8, 4) is 0 Å². The Labute approximate surface area is 149 Å². The summed E-state index contributed by atoms with van der Waals surface area (Å²) in [6, 6.07) is 10.6. The van der Waals surface area contributed by atoms with Gasteiger partial charge in [-0.1, -0.05) is 23.5 Å². The van der Waals surface area contributed by atoms with Crippen LogP contribution >= 0.6 is 11.3 Å². The van der Waals surface area contributed by atoms with Crippen LogP contribution in [0.15, 0.2) is 47.3 Å². The number of carbonyl (C=O) groups is 1. The van der Waals surface area contributed by atoms with E-state index in [-0.39, 0.29) is 11.2 Å². The van der Waals surface area contributed by atoms with Crippen molar-refractivity contribution in [1.82, 2.24) is 14.6 Å². The smallest absolute Gasteiger partial charge is 0.337 e. The van der Waals surface area contributed by atoms with Crippen molar-refractivity contribution >= 4 is 44.0 Å². The summed E-state index contributed by atoms with van der Waals surface area (Å²) in [7, 11) is 1.28. The Hall–Kier alpha value is -3.33. The topological polar surface area (TPSA) is 85.6 Å². The third-order valence-corrected chi connectivity index (χ3v) is 4.56. The number of halogens is 1. The highest BCUT2D eigenvalue weighted by Gasteiger charge is 2.14. The minimum Gasteiger partial charge on any atom is -0.465 e. The van der Waals surface area contributed by atoms with E-state index in [0.29, 0.717) is 26.6 Å². The van der Waals surface area contributed by atoms with Crippen LogP contribution in [0, 0.1) is 5.82 Å². The Balaban J connectivity index is 1.83. The molecule has 2 aromatic carbocycles. The third-order valence-electron chi connectivity index (χ3n) is 3.73. The molecular formula is C17H11FN4O3S. The predicted octanol–water partition coefficient (Wildman–Crippen LogP) is 2.97. The minimum absolute atomic E-state index is 0.247. The molecule has 130 valence electrons. The molecule has 0 unspecified atom stereocenters. The molecule has 0 aliphatic heterocycles. The lowest BCUT2D eigenvalue weighted by molar-refractivity contribution is 0.0601. The van der Waals surface area contributed by atoms with Crippen LogP contribution < -0.4 is 10.9 Å². The molecule has 0 aliphatic carbocycles. The lowest BCUT2D eigenvalue weighted by atomic mass is 10.1. The summed E-state index contributed by atoms with van der Waals surface area (Å²) in [6.45, 7) is 0. The summed E-state index contributed by atoms with van der Waals surface area (Å²) in [4.78, 5) is 29.0. The first-order valence-electron chi connectivity index (χ1n) is 7.50. The number of fused-ring (bicyclic) bond motifs is 2. The highest BCUT2D eigenvalue weighted by atomic mass is 32.1. The number of hydrogen-bond acceptors (Lipinski definition) is 7. The maximum Gasteiger partial charge on any atom is 0.337 e. The van der Waals surface area contributed by atoms with Gasteiger partial charge in [-0.25, -0.2) is 14.2 Å². The summed E-state index contributed by atoms with van der Waals surface area (Å²) >= 11 is 1.10. The number of ether oxygens (including phenoxy) is 1. The van der Waals surface area contributed by atoms with E-state index in [2.05, 4.69) is 20.1 Å². The third kappa shape index (κ3) is 2.68. The van der Waals surface area contributed by atoms with Gasteiger partial charge in [0.25, 0.3) is 5.56 Å². The zero-order valence-electron chi connectivity index (χ0n) is 13.4. The predicted molar refractivity (Wildman–Crippen MR) is 95.7 cm³/mol. The second kappa shape index (κ2) is 6.19. The monoisotopic (exact) mass is 370 g/mol. The van der Waals surface area contributed by atoms with Gasteiger partial charge >= 0.3 is 5.97 Å². The lowest BCUT2D eigenvalue weighted by Gasteiger charge is -2.01. The second-order valence-electron chi connectivity index (χ2n) is 5.35. The van der Waals surface area contributed by atoms with E-state index in [1.807, 2.05) is 0 Å². The molecule has 9 heteroatoms. The van der Waals surface area contributed by atoms with E-state index in [0.717, 1.165) is 15.9 Å². The highest BCUT2D eigenvalue weighted by molar-refractivity contribution is 7.20. The molecule has 2 heterocycles. The quantitative estimate of drug-likeness (QED) is 0.558. The number of nitrogens with one attached hydrogen (secondary N) is 1. The Morgan fingerprint density at radius 2 is 2.08 bits per heavy atom. The summed E-state index contributed by atoms with van der Waals surface area (Å²) < 4.78 is 19.6. The number of aromatic nitrogens is 3. The van der Waals surface area contributed by atoms with Crippen LogP contribution in [-0.4, -0.2) is 27.7 Å². The maximum absolute atomic E-state index is 13.8. The van der Waals surface area contributed by atoms with E-state index in [1.54, 1.807) is 18.2 Å². The number of hydrogen-bond donors (Lipinski definition) is 1. The SMILES string of the molecule is COC(=O)c1ccc2c(=O)n3nc(Nc4ccccc4F)sc3nc2c1. The molecule has 4 aromatic rings. The summed E-state index contributed by atoms with van der Waals surface area (Å²) in [6.07, 6.45) is 0. The molecule has 0 radical (unpaired) electrons. The van der Waals surface area contributed by atoms with Gasteiger partial charge in [-0.15, -0.1) is 5.10 Å². The zero-order valence-corrected chi connectivity index (χ0v) is 14.2. The van der Waals surface area contributed by atoms with Gasteiger partial charge < -0.3 is 10.1 Å². The largest absolute Gasteiger partial charge is 0.465 e. The van der Waals surface area contributed by atoms with Gasteiger partial charge in [0.2, 0.25) is 10.1 Å². The van der Waals surface area contributed by atoms with Gasteiger partial charge in [0.1, 0.15) is 5.82 Å². The molecule has 0 spiro atoms. The molecule has 7 nitrogen and oxygen atoms in total. The standard InChI is InChI=1S/C17H11FN4O3S/c1-25-15(24)9-6-7-10-13(8-9)20-17-22(14(10)23)21-16(26-17)19-12-5-3-2-4-11(12)18/h2-8H,1H3,(H,19,21). The molecule has 0 saturated heterocycles. The van der Waals surface area contributed by atoms with Crippen molar-refractivity contribution in [3.63, 3.8) is 0 Å². The Morgan fingerprint density at radius 1 is 1.27 bits per heavy atom. The lowest BCUT2D eigenvalue weighted by Crippen LogP contribution is -2.15. The fourth-order valence-electron chi connectivity index (χ4n) is 2.48. The van der Waals surface area contributed by atoms with Gasteiger partial charge in [0.05, 0.1) is 29.3 Å². The van der Waals surface area contributed by atoms with Crippen molar-refractivity contribution in [2.45, 2.75) is 0 Å². The number of anilines is 2. The van der Waals surface area contributed by atoms with E-state index >= 15 is 0 Å². The van der Waals surface area contributed by atoms with Gasteiger partial charge in [-0.2, -0.15) is 4.52 Å². The van der Waals surface area contributed by atoms with Crippen molar-refractivity contribution in [1.29, 1.82) is 0 Å². The van der Waals surface area contributed by atoms with Crippen LogP contribution in [0.25, 0.3) is 15.9 Å². The zero-order chi connectivity index (χ0) is 18.3. The minimum atomic E-state index is -0.514. The molecule has 0 bridgehead atoms. The molecule has 4 rings (SSSR count). The fourth-order valence-corrected chi connectivity index (χ4v) is 3.29. The van der Waals surface area contributed by atoms with Crippen LogP contribution in [0.1, 0.15) is 10.4 Å². The number of rotatable bonds is 3. The van der Waals surface area contributed by atoms with Gasteiger partial charge in [-0.3, -0.25) is 4.79 Å². The van der Waals surface area contributed by atoms with E-state index in [9.17, 15) is 14.0 Å². The van der Waals surface area contributed by atoms with E-state index in [1.165, 1.54) is 31.4 Å². The molecule has 1 N–H and O–H groups in total. The molecule has 0 fully saturated rings. The Morgan fingerprint density at radius 3 is 2.85 bits per heavy atom. The molecule has 26 heavy (non-hydrogen) atoms. The van der Waals surface area contributed by atoms with Crippen LogP contribution in [0.2, 0.25) is 0 Å². The average Bonchev–Trinajstić information content (AvgIpc) is 3.05. The number of methoxy groups -OCH3 is 1. The summed E-state index contributed by atoms with van der Waals surface area (Å²) in [5.41, 5.74) is 0.529. The molecule has 2 aromatic heterocycles. The first kappa shape index (κ1) is 16.2. The van der Waals surface area contributed by atoms with Crippen molar-refractivity contribution in [2.24, 2.45) is 0 Å². The Bertz CT molecular complexity index is 1220. The van der Waals surface area contributed by atoms with Crippen LogP contribution in [0.5, 0.6) is 0 Å². The van der Waals surface area contributed by atoms with E-state index in [4.69, 9.17) is 0 Å². The fraction of sp³-hybridized carbons (Fsp3) is 0.0588. The number of benzene rings is 2. The first-order valence-corrected chi connectivity index (χ1v) is 8.32. The second-order valence-corrected chi connectivity index (χ2v) is 6.30. The van der Waals surface area contributed by atoms with Crippen LogP contribution in [-0.2, 0) is 4.74 Å². The average molecular weight is 370 g/mol. The number of para-hydroxylation sites is 1. The van der Waals surface area contributed by atoms with Crippen LogP contribution in [0.4, 0.5) is 15.2 Å². The van der Waals surface area contributed by atoms with Gasteiger partial charge in [0.15, 0.2) is 0 Å². The van der Waals surface area contributed by atoms with E-state index < -0.39 is 11.8 Å². The normalized spacial score (nSPS) is 11.0. The molecular weight excluding hydrogens is 359 g/mol. The molecule has 0 amide bonds. The molecule has 0 atom stereocenters. The maximum atomic E-state index is 13.8. The summed E-state index contributed by atoms with van der Waals surface area (Å²) in [5, 5.41) is 7.64. The first-order chi connectivity index (χ1) is 12.6. The molecule has 0 saturated carbocycles. The van der Waals surface area contributed by atoms with Crippen molar-refractivity contribution in [2.75, 3.05) is 12.4 Å². The Kier molecular flexibility index (Phi) is 3.85. The van der Waals surface area contributed by atoms with Crippen LogP contribution in [0.3, 0.4) is 0 Å². The number of nitrogens with zero attached hydrogens (tertiary/aromatic N) is 3. The highest BCUT2D eigenvalue weighted by Crippen LogP contribution is 2.24. The summed E-state index contributed by atoms with van der Waals surface area (Å²) in [5.74, 6) is -0.944.